The molecular formula is C31H33F2N5O9. The smallest absolute Gasteiger partial charge is 0.457 e. The van der Waals surface area contributed by atoms with Crippen LogP contribution in [0.1, 0.15) is 61.3 Å². The fourth-order valence-electron chi connectivity index (χ4n) is 6.25. The predicted octanol–water partition coefficient (Wildman–Crippen LogP) is 1.41. The SMILES string of the molecule is CCC1(OC(=O)CCNC(=O)C(N)CCCCN)C(=O)OCc2c1cc1n(c2=O)Cc2c-1nc1cc3c(cc1c2CO)OC(F)(F)O3. The van der Waals surface area contributed by atoms with Crippen LogP contribution in [0.2, 0.25) is 0 Å². The Bertz CT molecular complexity index is 1860. The van der Waals surface area contributed by atoms with Gasteiger partial charge in [0, 0.05) is 29.1 Å². The van der Waals surface area contributed by atoms with Crippen LogP contribution in [0.3, 0.4) is 0 Å². The van der Waals surface area contributed by atoms with E-state index in [9.17, 15) is 33.1 Å². The Hall–Kier alpha value is -4.67. The third-order valence-electron chi connectivity index (χ3n) is 8.68. The lowest BCUT2D eigenvalue weighted by molar-refractivity contribution is -0.286. The Balaban J connectivity index is 1.32. The van der Waals surface area contributed by atoms with E-state index in [2.05, 4.69) is 19.8 Å². The number of aliphatic hydroxyl groups excluding tert-OH is 1. The van der Waals surface area contributed by atoms with Gasteiger partial charge in [0.15, 0.2) is 11.5 Å². The summed E-state index contributed by atoms with van der Waals surface area (Å²) < 4.78 is 49.2. The van der Waals surface area contributed by atoms with Gasteiger partial charge in [-0.1, -0.05) is 13.3 Å². The molecule has 6 rings (SSSR count). The quantitative estimate of drug-likeness (QED) is 0.133. The van der Waals surface area contributed by atoms with Gasteiger partial charge in [0.1, 0.15) is 6.61 Å². The molecule has 0 saturated heterocycles. The molecule has 2 unspecified atom stereocenters. The van der Waals surface area contributed by atoms with Crippen molar-refractivity contribution in [2.24, 2.45) is 11.5 Å². The number of hydrogen-bond acceptors (Lipinski definition) is 12. The number of ether oxygens (including phenoxy) is 4. The number of esters is 2. The number of aromatic nitrogens is 2. The topological polar surface area (TPSA) is 207 Å². The van der Waals surface area contributed by atoms with Crippen molar-refractivity contribution in [1.29, 1.82) is 0 Å². The molecule has 0 radical (unpaired) electrons. The van der Waals surface area contributed by atoms with E-state index in [0.717, 1.165) is 6.42 Å². The Morgan fingerprint density at radius 2 is 1.91 bits per heavy atom. The number of hydrogen-bond donors (Lipinski definition) is 4. The average Bonchev–Trinajstić information content (AvgIpc) is 3.55. The summed E-state index contributed by atoms with van der Waals surface area (Å²) in [6.07, 6.45) is -2.39. The zero-order chi connectivity index (χ0) is 33.7. The van der Waals surface area contributed by atoms with Crippen LogP contribution in [0.5, 0.6) is 11.5 Å². The molecule has 0 saturated carbocycles. The number of carbonyl (C=O) groups is 3. The number of aliphatic hydroxyl groups is 1. The van der Waals surface area contributed by atoms with E-state index in [1.165, 1.54) is 22.8 Å². The highest BCUT2D eigenvalue weighted by molar-refractivity contribution is 5.92. The highest BCUT2D eigenvalue weighted by Crippen LogP contribution is 2.46. The summed E-state index contributed by atoms with van der Waals surface area (Å²) in [6, 6.07) is 3.32. The molecular weight excluding hydrogens is 624 g/mol. The molecule has 0 aliphatic carbocycles. The lowest BCUT2D eigenvalue weighted by Gasteiger charge is -2.35. The number of pyridine rings is 2. The van der Waals surface area contributed by atoms with Crippen LogP contribution in [0.25, 0.3) is 22.3 Å². The minimum atomic E-state index is -3.86. The first kappa shape index (κ1) is 32.3. The molecule has 2 atom stereocenters. The number of nitrogens with one attached hydrogen (secondary N) is 1. The Labute approximate surface area is 265 Å². The van der Waals surface area contributed by atoms with Gasteiger partial charge in [-0.2, -0.15) is 0 Å². The molecule has 0 bridgehead atoms. The summed E-state index contributed by atoms with van der Waals surface area (Å²) >= 11 is 0. The summed E-state index contributed by atoms with van der Waals surface area (Å²) in [7, 11) is 0. The van der Waals surface area contributed by atoms with Crippen molar-refractivity contribution in [3.8, 4) is 22.9 Å². The van der Waals surface area contributed by atoms with Crippen LogP contribution in [0.15, 0.2) is 23.0 Å². The number of cyclic esters (lactones) is 1. The molecule has 14 nitrogen and oxygen atoms in total. The second-order valence-corrected chi connectivity index (χ2v) is 11.5. The number of alkyl halides is 2. The molecule has 0 spiro atoms. The lowest BCUT2D eigenvalue weighted by Crippen LogP contribution is -2.48. The maximum Gasteiger partial charge on any atom is 0.586 e. The van der Waals surface area contributed by atoms with Gasteiger partial charge in [-0.15, -0.1) is 8.78 Å². The van der Waals surface area contributed by atoms with Crippen molar-refractivity contribution in [2.45, 2.75) is 76.7 Å². The Morgan fingerprint density at radius 1 is 1.17 bits per heavy atom. The summed E-state index contributed by atoms with van der Waals surface area (Å²) in [4.78, 5) is 57.1. The van der Waals surface area contributed by atoms with E-state index >= 15 is 0 Å². The van der Waals surface area contributed by atoms with Gasteiger partial charge in [0.05, 0.1) is 48.1 Å². The molecule has 47 heavy (non-hydrogen) atoms. The maximum absolute atomic E-state index is 13.9. The molecule has 16 heteroatoms. The number of nitrogens with two attached hydrogens (primary N) is 2. The fraction of sp³-hybridized carbons (Fsp3) is 0.452. The lowest BCUT2D eigenvalue weighted by atomic mass is 9.85. The first-order valence-corrected chi connectivity index (χ1v) is 15.2. The van der Waals surface area contributed by atoms with Gasteiger partial charge in [0.2, 0.25) is 11.5 Å². The van der Waals surface area contributed by atoms with E-state index in [1.807, 2.05) is 0 Å². The number of amides is 1. The Morgan fingerprint density at radius 3 is 2.62 bits per heavy atom. The molecule has 2 aromatic heterocycles. The highest BCUT2D eigenvalue weighted by Gasteiger charge is 2.50. The van der Waals surface area contributed by atoms with Crippen molar-refractivity contribution >= 4 is 28.7 Å². The van der Waals surface area contributed by atoms with Crippen molar-refractivity contribution in [2.75, 3.05) is 13.1 Å². The second kappa shape index (κ2) is 12.2. The van der Waals surface area contributed by atoms with Gasteiger partial charge in [-0.25, -0.2) is 9.78 Å². The molecule has 250 valence electrons. The number of unbranched alkanes of at least 4 members (excludes halogenated alkanes) is 1. The van der Waals surface area contributed by atoms with Crippen molar-refractivity contribution < 1.29 is 47.2 Å². The van der Waals surface area contributed by atoms with Crippen molar-refractivity contribution in [3.63, 3.8) is 0 Å². The van der Waals surface area contributed by atoms with Crippen molar-refractivity contribution in [3.05, 3.63) is 50.8 Å². The zero-order valence-electron chi connectivity index (χ0n) is 25.4. The van der Waals surface area contributed by atoms with Crippen LogP contribution in [0.4, 0.5) is 8.78 Å². The summed E-state index contributed by atoms with van der Waals surface area (Å²) in [5.74, 6) is -2.61. The van der Waals surface area contributed by atoms with Gasteiger partial charge < -0.3 is 45.4 Å². The predicted molar refractivity (Wildman–Crippen MR) is 159 cm³/mol. The van der Waals surface area contributed by atoms with Crippen LogP contribution in [-0.2, 0) is 49.2 Å². The molecule has 6 N–H and O–H groups in total. The van der Waals surface area contributed by atoms with E-state index in [1.54, 1.807) is 6.92 Å². The third kappa shape index (κ3) is 5.55. The van der Waals surface area contributed by atoms with Gasteiger partial charge in [-0.3, -0.25) is 14.4 Å². The highest BCUT2D eigenvalue weighted by atomic mass is 19.3. The minimum Gasteiger partial charge on any atom is -0.457 e. The van der Waals surface area contributed by atoms with Crippen LogP contribution in [0, 0.1) is 0 Å². The molecule has 0 fully saturated rings. The van der Waals surface area contributed by atoms with E-state index in [-0.39, 0.29) is 72.1 Å². The first-order chi connectivity index (χ1) is 22.4. The number of halogens is 2. The zero-order valence-corrected chi connectivity index (χ0v) is 25.4. The van der Waals surface area contributed by atoms with Gasteiger partial charge in [0.25, 0.3) is 5.56 Å². The van der Waals surface area contributed by atoms with E-state index < -0.39 is 47.9 Å². The molecule has 3 aromatic rings. The normalized spacial score (nSPS) is 19.1. The molecule has 1 amide bonds. The number of benzene rings is 1. The van der Waals surface area contributed by atoms with Crippen LogP contribution < -0.4 is 31.8 Å². The summed E-state index contributed by atoms with van der Waals surface area (Å²) in [5.41, 5.74) is 10.6. The molecule has 1 aromatic carbocycles. The molecule has 5 heterocycles. The minimum absolute atomic E-state index is 0.0128. The summed E-state index contributed by atoms with van der Waals surface area (Å²) in [5, 5.41) is 13.3. The molecule has 3 aliphatic rings. The number of nitrogens with zero attached hydrogens (tertiary/aromatic N) is 2. The third-order valence-corrected chi connectivity index (χ3v) is 8.68. The van der Waals surface area contributed by atoms with Crippen LogP contribution in [-0.4, -0.2) is 57.9 Å². The maximum atomic E-state index is 13.9. The number of fused-ring (bicyclic) bond motifs is 6. The van der Waals surface area contributed by atoms with Crippen molar-refractivity contribution in [1.82, 2.24) is 14.9 Å². The number of rotatable bonds is 11. The van der Waals surface area contributed by atoms with Gasteiger partial charge in [-0.05, 0) is 43.5 Å². The average molecular weight is 658 g/mol. The van der Waals surface area contributed by atoms with E-state index in [4.69, 9.17) is 20.9 Å². The fourth-order valence-corrected chi connectivity index (χ4v) is 6.25. The summed E-state index contributed by atoms with van der Waals surface area (Å²) in [6.45, 7) is 1.10. The van der Waals surface area contributed by atoms with Gasteiger partial charge >= 0.3 is 18.2 Å². The molecule has 3 aliphatic heterocycles. The monoisotopic (exact) mass is 657 g/mol. The Kier molecular flexibility index (Phi) is 8.36. The first-order valence-electron chi connectivity index (χ1n) is 15.2. The largest absolute Gasteiger partial charge is 0.586 e. The standard InChI is InChI=1S/C31H33F2N5O9/c1-2-30(47-25(40)6-8-36-27(41)20(35)5-3-4-7-34)19-10-22-26-16(12-38(22)28(42)18(19)14-44-29(30)43)17(13-39)15-9-23-24(11-21(15)37-26)46-31(32,33)45-23/h9-11,20,39H,2-8,12-14,34-35H2,1H3,(H,36,41). The second-order valence-electron chi connectivity index (χ2n) is 11.5. The number of carbonyl (C=O) groups excluding carboxylic acids is 3. The van der Waals surface area contributed by atoms with Crippen LogP contribution >= 0.6 is 0 Å². The van der Waals surface area contributed by atoms with E-state index in [0.29, 0.717) is 35.9 Å².